The number of carbonyl (C=O) groups is 2. The van der Waals surface area contributed by atoms with Gasteiger partial charge in [-0.2, -0.15) is 0 Å². The first-order chi connectivity index (χ1) is 10.6. The van der Waals surface area contributed by atoms with Crippen LogP contribution in [0.4, 0.5) is 5.69 Å². The number of methoxy groups -OCH3 is 1. The monoisotopic (exact) mass is 302 g/mol. The van der Waals surface area contributed by atoms with E-state index in [-0.39, 0.29) is 11.9 Å². The third kappa shape index (κ3) is 4.10. The predicted molar refractivity (Wildman–Crippen MR) is 86.8 cm³/mol. The highest BCUT2D eigenvalue weighted by Gasteiger charge is 2.16. The fourth-order valence-electron chi connectivity index (χ4n) is 2.49. The predicted octanol–water partition coefficient (Wildman–Crippen LogP) is 2.59. The molecule has 1 aromatic carbocycles. The van der Waals surface area contributed by atoms with E-state index in [1.54, 1.807) is 0 Å². The Labute approximate surface area is 130 Å². The number of fused-ring (bicyclic) bond motifs is 1. The number of hydrogen-bond donors (Lipinski definition) is 2. The highest BCUT2D eigenvalue weighted by Crippen LogP contribution is 2.25. The smallest absolute Gasteiger partial charge is 0.305 e. The van der Waals surface area contributed by atoms with E-state index in [0.29, 0.717) is 25.1 Å². The molecule has 2 N–H and O–H groups in total. The Kier molecular flexibility index (Phi) is 5.58. The molecule has 1 aliphatic heterocycles. The second kappa shape index (κ2) is 7.64. The van der Waals surface area contributed by atoms with Crippen molar-refractivity contribution in [3.8, 4) is 0 Å². The van der Waals surface area contributed by atoms with E-state index in [1.165, 1.54) is 12.7 Å². The zero-order chi connectivity index (χ0) is 15.9. The van der Waals surface area contributed by atoms with Crippen LogP contribution in [-0.4, -0.2) is 32.1 Å². The minimum atomic E-state index is -0.181. The molecule has 1 aromatic rings. The number of ether oxygens (including phenoxy) is 1. The summed E-state index contributed by atoms with van der Waals surface area (Å²) in [6, 6.07) is 5.71. The lowest BCUT2D eigenvalue weighted by molar-refractivity contribution is -0.140. The van der Waals surface area contributed by atoms with Crippen molar-refractivity contribution >= 4 is 23.6 Å². The molecule has 1 amide bonds. The van der Waals surface area contributed by atoms with Crippen LogP contribution in [0.25, 0.3) is 6.08 Å². The van der Waals surface area contributed by atoms with Crippen molar-refractivity contribution in [1.82, 2.24) is 5.32 Å². The number of allylic oxidation sites excluding steroid dienone is 1. The Bertz CT molecular complexity index is 594. The van der Waals surface area contributed by atoms with Crippen molar-refractivity contribution in [2.24, 2.45) is 0 Å². The molecule has 118 valence electrons. The average molecular weight is 302 g/mol. The first kappa shape index (κ1) is 16.1. The van der Waals surface area contributed by atoms with E-state index >= 15 is 0 Å². The number of amides is 1. The van der Waals surface area contributed by atoms with Gasteiger partial charge in [0.1, 0.15) is 0 Å². The van der Waals surface area contributed by atoms with Gasteiger partial charge < -0.3 is 15.4 Å². The molecular weight excluding hydrogens is 280 g/mol. The van der Waals surface area contributed by atoms with E-state index in [4.69, 9.17) is 0 Å². The minimum absolute atomic E-state index is 0.0430. The van der Waals surface area contributed by atoms with Gasteiger partial charge in [-0.25, -0.2) is 0 Å². The maximum atomic E-state index is 12.0. The summed E-state index contributed by atoms with van der Waals surface area (Å²) in [5.74, 6) is -0.224. The summed E-state index contributed by atoms with van der Waals surface area (Å²) in [4.78, 5) is 23.1. The van der Waals surface area contributed by atoms with Gasteiger partial charge in [0.25, 0.3) is 5.91 Å². The molecule has 0 saturated heterocycles. The number of benzene rings is 1. The van der Waals surface area contributed by atoms with Crippen LogP contribution < -0.4 is 10.6 Å². The third-order valence-electron chi connectivity index (χ3n) is 3.64. The zero-order valence-electron chi connectivity index (χ0n) is 13.1. The Hall–Kier alpha value is -2.30. The third-order valence-corrected chi connectivity index (χ3v) is 3.64. The van der Waals surface area contributed by atoms with Crippen LogP contribution in [-0.2, 0) is 9.53 Å². The second-order valence-corrected chi connectivity index (χ2v) is 5.37. The van der Waals surface area contributed by atoms with Crippen LogP contribution in [0.15, 0.2) is 23.8 Å². The van der Waals surface area contributed by atoms with Gasteiger partial charge in [0.15, 0.2) is 0 Å². The molecule has 5 heteroatoms. The lowest BCUT2D eigenvalue weighted by Gasteiger charge is -2.11. The van der Waals surface area contributed by atoms with Gasteiger partial charge in [0, 0.05) is 19.5 Å². The minimum Gasteiger partial charge on any atom is -0.469 e. The SMILES string of the molecule is COC(=O)CCC/C(C)=C/c1cccc2c1NCCNC2=O. The number of esters is 1. The maximum Gasteiger partial charge on any atom is 0.305 e. The van der Waals surface area contributed by atoms with Gasteiger partial charge in [-0.3, -0.25) is 9.59 Å². The Morgan fingerprint density at radius 2 is 2.05 bits per heavy atom. The number of anilines is 1. The topological polar surface area (TPSA) is 67.4 Å². The van der Waals surface area contributed by atoms with Gasteiger partial charge in [-0.15, -0.1) is 0 Å². The molecule has 0 aliphatic carbocycles. The molecular formula is C17H22N2O3. The molecule has 0 radical (unpaired) electrons. The van der Waals surface area contributed by atoms with Gasteiger partial charge in [0.2, 0.25) is 0 Å². The number of nitrogens with one attached hydrogen (secondary N) is 2. The van der Waals surface area contributed by atoms with Crippen molar-refractivity contribution in [3.05, 3.63) is 34.9 Å². The normalized spacial score (nSPS) is 14.5. The van der Waals surface area contributed by atoms with Crippen molar-refractivity contribution < 1.29 is 14.3 Å². The summed E-state index contributed by atoms with van der Waals surface area (Å²) in [5, 5.41) is 6.17. The fourth-order valence-corrected chi connectivity index (χ4v) is 2.49. The lowest BCUT2D eigenvalue weighted by Crippen LogP contribution is -2.24. The first-order valence-electron chi connectivity index (χ1n) is 7.51. The fraction of sp³-hybridized carbons (Fsp3) is 0.412. The van der Waals surface area contributed by atoms with Crippen LogP contribution in [0.2, 0.25) is 0 Å². The molecule has 22 heavy (non-hydrogen) atoms. The number of hydrogen-bond acceptors (Lipinski definition) is 4. The second-order valence-electron chi connectivity index (χ2n) is 5.37. The van der Waals surface area contributed by atoms with Gasteiger partial charge >= 0.3 is 5.97 Å². The molecule has 1 heterocycles. The molecule has 1 aliphatic rings. The first-order valence-corrected chi connectivity index (χ1v) is 7.51. The summed E-state index contributed by atoms with van der Waals surface area (Å²) in [6.07, 6.45) is 4.08. The van der Waals surface area contributed by atoms with Crippen LogP contribution in [0.5, 0.6) is 0 Å². The van der Waals surface area contributed by atoms with Gasteiger partial charge in [-0.1, -0.05) is 23.8 Å². The highest BCUT2D eigenvalue weighted by molar-refractivity contribution is 6.02. The lowest BCUT2D eigenvalue weighted by atomic mass is 10.0. The molecule has 0 spiro atoms. The molecule has 0 aromatic heterocycles. The molecule has 0 bridgehead atoms. The Morgan fingerprint density at radius 3 is 2.82 bits per heavy atom. The van der Waals surface area contributed by atoms with Gasteiger partial charge in [-0.05, 0) is 31.4 Å². The van der Waals surface area contributed by atoms with Crippen molar-refractivity contribution in [2.75, 3.05) is 25.5 Å². The van der Waals surface area contributed by atoms with Crippen molar-refractivity contribution in [3.63, 3.8) is 0 Å². The maximum absolute atomic E-state index is 12.0. The summed E-state index contributed by atoms with van der Waals surface area (Å²) in [6.45, 7) is 3.37. The van der Waals surface area contributed by atoms with Crippen LogP contribution >= 0.6 is 0 Å². The summed E-state index contributed by atoms with van der Waals surface area (Å²) in [7, 11) is 1.40. The van der Waals surface area contributed by atoms with E-state index in [9.17, 15) is 9.59 Å². The largest absolute Gasteiger partial charge is 0.469 e. The van der Waals surface area contributed by atoms with Gasteiger partial charge in [0.05, 0.1) is 18.4 Å². The van der Waals surface area contributed by atoms with Crippen LogP contribution in [0, 0.1) is 0 Å². The van der Waals surface area contributed by atoms with E-state index < -0.39 is 0 Å². The molecule has 5 nitrogen and oxygen atoms in total. The molecule has 0 saturated carbocycles. The highest BCUT2D eigenvalue weighted by atomic mass is 16.5. The summed E-state index contributed by atoms with van der Waals surface area (Å²) < 4.78 is 4.64. The van der Waals surface area contributed by atoms with E-state index in [2.05, 4.69) is 21.4 Å². The summed E-state index contributed by atoms with van der Waals surface area (Å²) in [5.41, 5.74) is 3.73. The number of carbonyl (C=O) groups excluding carboxylic acids is 2. The summed E-state index contributed by atoms with van der Waals surface area (Å²) >= 11 is 0. The average Bonchev–Trinajstić information content (AvgIpc) is 2.70. The number of para-hydroxylation sites is 1. The molecule has 0 unspecified atom stereocenters. The molecule has 0 atom stereocenters. The van der Waals surface area contributed by atoms with E-state index in [1.807, 2.05) is 25.1 Å². The quantitative estimate of drug-likeness (QED) is 0.820. The Balaban J connectivity index is 2.12. The zero-order valence-corrected chi connectivity index (χ0v) is 13.1. The number of rotatable bonds is 5. The molecule has 2 rings (SSSR count). The van der Waals surface area contributed by atoms with Crippen molar-refractivity contribution in [2.45, 2.75) is 26.2 Å². The standard InChI is InChI=1S/C17H22N2O3/c1-12(5-3-8-15(20)22-2)11-13-6-4-7-14-16(13)18-9-10-19-17(14)21/h4,6-7,11,18H,3,5,8-10H2,1-2H3,(H,19,21)/b12-11+. The molecule has 0 fully saturated rings. The Morgan fingerprint density at radius 1 is 1.27 bits per heavy atom. The van der Waals surface area contributed by atoms with Crippen LogP contribution in [0.1, 0.15) is 42.1 Å². The van der Waals surface area contributed by atoms with Crippen molar-refractivity contribution in [1.29, 1.82) is 0 Å². The van der Waals surface area contributed by atoms with Crippen LogP contribution in [0.3, 0.4) is 0 Å². The van der Waals surface area contributed by atoms with E-state index in [0.717, 1.165) is 24.1 Å².